The van der Waals surface area contributed by atoms with Crippen molar-refractivity contribution in [2.24, 2.45) is 0 Å². The third-order valence-electron chi connectivity index (χ3n) is 4.31. The minimum absolute atomic E-state index is 0.0713. The van der Waals surface area contributed by atoms with Gasteiger partial charge >= 0.3 is 0 Å². The molecule has 14 heteroatoms. The predicted octanol–water partition coefficient (Wildman–Crippen LogP) is 1.15. The van der Waals surface area contributed by atoms with Crippen molar-refractivity contribution < 1.29 is 27.2 Å². The predicted molar refractivity (Wildman–Crippen MR) is 123 cm³/mol. The van der Waals surface area contributed by atoms with Crippen molar-refractivity contribution in [3.63, 3.8) is 0 Å². The number of anilines is 4. The summed E-state index contributed by atoms with van der Waals surface area (Å²) in [5.41, 5.74) is -1.44. The highest BCUT2D eigenvalue weighted by molar-refractivity contribution is 7.90. The van der Waals surface area contributed by atoms with Crippen LogP contribution < -0.4 is 20.7 Å². The molecule has 0 aliphatic carbocycles. The summed E-state index contributed by atoms with van der Waals surface area (Å²) in [5.74, 6) is -0.822. The standard InChI is InChI=1S/C20H24N8O5S/c1-20(2,30)19-23-8-11(9-24-19)25-15-7-13(16(28-27-15)18(29)21-3)26-17-14(34(5,31)32)6-12(33-4)10-22-17/h6-10,30H,1-5H3,(H,21,29)(H2,22,25,26,27)/i3D3. The lowest BCUT2D eigenvalue weighted by Crippen LogP contribution is -2.22. The lowest BCUT2D eigenvalue weighted by Gasteiger charge is -2.16. The van der Waals surface area contributed by atoms with Crippen LogP contribution in [-0.2, 0) is 15.4 Å². The number of ether oxygens (including phenoxy) is 1. The van der Waals surface area contributed by atoms with E-state index in [0.717, 1.165) is 6.26 Å². The van der Waals surface area contributed by atoms with Crippen molar-refractivity contribution in [2.75, 3.05) is 31.0 Å². The lowest BCUT2D eigenvalue weighted by molar-refractivity contribution is 0.0687. The number of hydrogen-bond acceptors (Lipinski definition) is 12. The van der Waals surface area contributed by atoms with Gasteiger partial charge < -0.3 is 25.8 Å². The van der Waals surface area contributed by atoms with E-state index in [4.69, 9.17) is 8.85 Å². The quantitative estimate of drug-likeness (QED) is 0.353. The molecule has 0 aromatic carbocycles. The number of hydrogen-bond donors (Lipinski definition) is 4. The number of sulfone groups is 1. The van der Waals surface area contributed by atoms with Crippen molar-refractivity contribution in [1.82, 2.24) is 30.5 Å². The topological polar surface area (TPSA) is 181 Å². The number of pyridine rings is 1. The number of nitrogens with one attached hydrogen (secondary N) is 3. The van der Waals surface area contributed by atoms with Crippen molar-refractivity contribution >= 4 is 38.8 Å². The Labute approximate surface area is 200 Å². The Kier molecular flexibility index (Phi) is 5.79. The van der Waals surface area contributed by atoms with Crippen LogP contribution in [0.1, 0.15) is 34.3 Å². The molecule has 0 aliphatic rings. The average molecular weight is 492 g/mol. The Morgan fingerprint density at radius 1 is 1.12 bits per heavy atom. The van der Waals surface area contributed by atoms with Crippen LogP contribution >= 0.6 is 0 Å². The molecule has 0 saturated heterocycles. The van der Waals surface area contributed by atoms with Gasteiger partial charge in [0.1, 0.15) is 22.1 Å². The Hall–Kier alpha value is -3.91. The van der Waals surface area contributed by atoms with Gasteiger partial charge in [0, 0.05) is 29.5 Å². The van der Waals surface area contributed by atoms with Gasteiger partial charge in [0.25, 0.3) is 5.91 Å². The highest BCUT2D eigenvalue weighted by Gasteiger charge is 2.21. The van der Waals surface area contributed by atoms with E-state index in [1.165, 1.54) is 51.7 Å². The molecule has 3 aromatic rings. The monoisotopic (exact) mass is 491 g/mol. The first-order chi connectivity index (χ1) is 17.1. The summed E-state index contributed by atoms with van der Waals surface area (Å²) < 4.78 is 51.7. The number of amides is 1. The van der Waals surface area contributed by atoms with Crippen LogP contribution in [-0.4, -0.2) is 64.9 Å². The first-order valence-electron chi connectivity index (χ1n) is 11.1. The zero-order chi connectivity index (χ0) is 27.6. The maximum absolute atomic E-state index is 12.6. The SMILES string of the molecule is [2H]C([2H])([2H])NC(=O)c1nnc(Nc2cnc(C(C)(C)O)nc2)cc1Nc1ncc(OC)cc1S(C)(=O)=O. The summed E-state index contributed by atoms with van der Waals surface area (Å²) in [4.78, 5) is 24.6. The molecule has 0 bridgehead atoms. The van der Waals surface area contributed by atoms with Crippen LogP contribution in [0.3, 0.4) is 0 Å². The first-order valence-corrected chi connectivity index (χ1v) is 11.5. The Bertz CT molecular complexity index is 1410. The van der Waals surface area contributed by atoms with E-state index in [1.54, 1.807) is 0 Å². The lowest BCUT2D eigenvalue weighted by atomic mass is 10.1. The van der Waals surface area contributed by atoms with Gasteiger partial charge in [-0.2, -0.15) is 0 Å². The second-order valence-electron chi connectivity index (χ2n) is 7.54. The molecule has 0 saturated carbocycles. The van der Waals surface area contributed by atoms with Crippen molar-refractivity contribution in [3.8, 4) is 5.75 Å². The molecule has 0 atom stereocenters. The van der Waals surface area contributed by atoms with Gasteiger partial charge in [0.05, 0.1) is 37.1 Å². The van der Waals surface area contributed by atoms with Gasteiger partial charge in [-0.25, -0.2) is 23.4 Å². The Morgan fingerprint density at radius 2 is 1.82 bits per heavy atom. The summed E-state index contributed by atoms with van der Waals surface area (Å²) in [6.07, 6.45) is 4.99. The molecule has 1 amide bonds. The Balaban J connectivity index is 2.04. The molecule has 0 unspecified atom stereocenters. The minimum Gasteiger partial charge on any atom is -0.495 e. The molecule has 180 valence electrons. The van der Waals surface area contributed by atoms with Gasteiger partial charge in [-0.05, 0) is 13.8 Å². The smallest absolute Gasteiger partial charge is 0.273 e. The molecule has 3 rings (SSSR count). The zero-order valence-electron chi connectivity index (χ0n) is 21.6. The summed E-state index contributed by atoms with van der Waals surface area (Å²) in [5, 5.41) is 25.1. The van der Waals surface area contributed by atoms with Gasteiger partial charge in [0.15, 0.2) is 27.2 Å². The second-order valence-corrected chi connectivity index (χ2v) is 9.53. The van der Waals surface area contributed by atoms with Gasteiger partial charge in [-0.1, -0.05) is 0 Å². The Morgan fingerprint density at radius 3 is 2.41 bits per heavy atom. The first kappa shape index (κ1) is 20.7. The van der Waals surface area contributed by atoms with Crippen LogP contribution in [0.5, 0.6) is 5.75 Å². The number of carbonyl (C=O) groups is 1. The van der Waals surface area contributed by atoms with Crippen LogP contribution in [0.4, 0.5) is 23.0 Å². The summed E-state index contributed by atoms with van der Waals surface area (Å²) in [7, 11) is -2.46. The molecule has 0 fully saturated rings. The molecule has 3 heterocycles. The molecular formula is C20H24N8O5S. The number of methoxy groups -OCH3 is 1. The average Bonchev–Trinajstić information content (AvgIpc) is 2.77. The van der Waals surface area contributed by atoms with Crippen molar-refractivity contribution in [2.45, 2.75) is 24.3 Å². The molecule has 34 heavy (non-hydrogen) atoms. The van der Waals surface area contributed by atoms with Crippen LogP contribution in [0, 0.1) is 0 Å². The zero-order valence-corrected chi connectivity index (χ0v) is 19.4. The number of rotatable bonds is 8. The van der Waals surface area contributed by atoms with Gasteiger partial charge in [-0.3, -0.25) is 4.79 Å². The highest BCUT2D eigenvalue weighted by Crippen LogP contribution is 2.29. The fourth-order valence-corrected chi connectivity index (χ4v) is 3.46. The van der Waals surface area contributed by atoms with Crippen molar-refractivity contribution in [1.29, 1.82) is 0 Å². The van der Waals surface area contributed by atoms with Crippen LogP contribution in [0.2, 0.25) is 0 Å². The largest absolute Gasteiger partial charge is 0.495 e. The van der Waals surface area contributed by atoms with E-state index < -0.39 is 34.0 Å². The number of aromatic nitrogens is 5. The minimum atomic E-state index is -3.81. The maximum atomic E-state index is 12.6. The fourth-order valence-electron chi connectivity index (χ4n) is 2.67. The normalized spacial score (nSPS) is 13.3. The summed E-state index contributed by atoms with van der Waals surface area (Å²) in [6, 6.07) is 2.53. The second kappa shape index (κ2) is 9.52. The third kappa shape index (κ3) is 5.71. The number of nitrogens with zero attached hydrogens (tertiary/aromatic N) is 5. The molecular weight excluding hydrogens is 464 g/mol. The van der Waals surface area contributed by atoms with E-state index in [0.29, 0.717) is 5.69 Å². The van der Waals surface area contributed by atoms with Crippen LogP contribution in [0.15, 0.2) is 35.6 Å². The van der Waals surface area contributed by atoms with Gasteiger partial charge in [-0.15, -0.1) is 10.2 Å². The number of aliphatic hydroxyl groups is 1. The molecule has 0 spiro atoms. The third-order valence-corrected chi connectivity index (χ3v) is 5.42. The van der Waals surface area contributed by atoms with Crippen LogP contribution in [0.25, 0.3) is 0 Å². The number of carbonyl (C=O) groups excluding carboxylic acids is 1. The van der Waals surface area contributed by atoms with E-state index in [1.807, 2.05) is 5.32 Å². The summed E-state index contributed by atoms with van der Waals surface area (Å²) in [6.45, 7) is 0.239. The molecule has 3 aromatic heterocycles. The van der Waals surface area contributed by atoms with E-state index in [-0.39, 0.29) is 33.8 Å². The molecule has 0 radical (unpaired) electrons. The molecule has 4 N–H and O–H groups in total. The van der Waals surface area contributed by atoms with Crippen molar-refractivity contribution in [3.05, 3.63) is 42.2 Å². The fraction of sp³-hybridized carbons (Fsp3) is 0.300. The highest BCUT2D eigenvalue weighted by atomic mass is 32.2. The maximum Gasteiger partial charge on any atom is 0.273 e. The van der Waals surface area contributed by atoms with E-state index in [9.17, 15) is 18.3 Å². The summed E-state index contributed by atoms with van der Waals surface area (Å²) >= 11 is 0. The van der Waals surface area contributed by atoms with Gasteiger partial charge in [0.2, 0.25) is 0 Å². The molecule has 13 nitrogen and oxygen atoms in total. The van der Waals surface area contributed by atoms with E-state index in [2.05, 4.69) is 35.8 Å². The van der Waals surface area contributed by atoms with E-state index >= 15 is 0 Å². The molecule has 0 aliphatic heterocycles.